The van der Waals surface area contributed by atoms with Crippen molar-refractivity contribution in [2.24, 2.45) is 46.8 Å². The van der Waals surface area contributed by atoms with Gasteiger partial charge in [-0.3, -0.25) is 4.98 Å². The highest BCUT2D eigenvalue weighted by molar-refractivity contribution is 5.60. The quantitative estimate of drug-likeness (QED) is 0.586. The van der Waals surface area contributed by atoms with Crippen molar-refractivity contribution in [2.75, 3.05) is 0 Å². The predicted molar refractivity (Wildman–Crippen MR) is 126 cm³/mol. The van der Waals surface area contributed by atoms with E-state index < -0.39 is 0 Å². The monoisotopic (exact) mass is 406 g/mol. The third kappa shape index (κ3) is 3.43. The minimum absolute atomic E-state index is 0.483. The average molecular weight is 407 g/mol. The van der Waals surface area contributed by atoms with Gasteiger partial charge in [0, 0.05) is 29.7 Å². The van der Waals surface area contributed by atoms with Crippen molar-refractivity contribution in [2.45, 2.75) is 84.6 Å². The highest BCUT2D eigenvalue weighted by atomic mass is 14.9. The molecule has 8 unspecified atom stereocenters. The number of pyridine rings is 1. The first-order chi connectivity index (χ1) is 14.5. The van der Waals surface area contributed by atoms with Crippen molar-refractivity contribution >= 4 is 5.70 Å². The fourth-order valence-electron chi connectivity index (χ4n) is 8.95. The van der Waals surface area contributed by atoms with Gasteiger partial charge in [0.15, 0.2) is 0 Å². The largest absolute Gasteiger partial charge is 0.382 e. The number of fused-ring (bicyclic) bond motifs is 5. The highest BCUT2D eigenvalue weighted by Gasteiger charge is 2.57. The smallest absolute Gasteiger partial charge is 0.0360 e. The Kier molecular flexibility index (Phi) is 5.48. The second kappa shape index (κ2) is 7.99. The van der Waals surface area contributed by atoms with Crippen LogP contribution in [-0.2, 0) is 0 Å². The molecule has 0 spiro atoms. The fraction of sp³-hybridized carbons (Fsp3) is 0.750. The number of hydrogen-bond acceptors (Lipinski definition) is 2. The van der Waals surface area contributed by atoms with E-state index in [0.717, 1.165) is 52.7 Å². The van der Waals surface area contributed by atoms with Crippen molar-refractivity contribution < 1.29 is 0 Å². The van der Waals surface area contributed by atoms with E-state index in [1.165, 1.54) is 57.8 Å². The van der Waals surface area contributed by atoms with Crippen LogP contribution in [0.1, 0.15) is 84.1 Å². The van der Waals surface area contributed by atoms with E-state index in [9.17, 15) is 0 Å². The topological polar surface area (TPSA) is 24.9 Å². The van der Waals surface area contributed by atoms with Crippen LogP contribution in [0.4, 0.5) is 0 Å². The molecule has 4 aliphatic carbocycles. The molecule has 4 aliphatic rings. The van der Waals surface area contributed by atoms with Crippen LogP contribution in [0.2, 0.25) is 0 Å². The van der Waals surface area contributed by atoms with E-state index >= 15 is 0 Å². The van der Waals surface area contributed by atoms with Crippen LogP contribution in [0.15, 0.2) is 31.1 Å². The summed E-state index contributed by atoms with van der Waals surface area (Å²) in [6.07, 6.45) is 17.2. The number of rotatable bonds is 4. The highest BCUT2D eigenvalue weighted by Crippen LogP contribution is 2.64. The summed E-state index contributed by atoms with van der Waals surface area (Å²) in [5.41, 5.74) is 2.67. The summed E-state index contributed by atoms with van der Waals surface area (Å²) in [4.78, 5) is 4.27. The zero-order valence-electron chi connectivity index (χ0n) is 19.4. The van der Waals surface area contributed by atoms with Gasteiger partial charge in [-0.25, -0.2) is 0 Å². The molecule has 0 saturated heterocycles. The Bertz CT molecular complexity index is 757. The molecule has 0 bridgehead atoms. The molecule has 30 heavy (non-hydrogen) atoms. The predicted octanol–water partition coefficient (Wildman–Crippen LogP) is 6.94. The molecule has 1 aromatic heterocycles. The van der Waals surface area contributed by atoms with Gasteiger partial charge in [0.1, 0.15) is 0 Å². The second-order valence-corrected chi connectivity index (χ2v) is 11.7. The molecular formula is C28H42N2. The van der Waals surface area contributed by atoms with Gasteiger partial charge in [0.05, 0.1) is 0 Å². The van der Waals surface area contributed by atoms with Crippen molar-refractivity contribution in [3.05, 3.63) is 36.7 Å². The van der Waals surface area contributed by atoms with E-state index in [-0.39, 0.29) is 0 Å². The van der Waals surface area contributed by atoms with Gasteiger partial charge in [-0.05, 0) is 117 Å². The second-order valence-electron chi connectivity index (χ2n) is 11.7. The van der Waals surface area contributed by atoms with Gasteiger partial charge in [-0.15, -0.1) is 0 Å². The van der Waals surface area contributed by atoms with Crippen LogP contribution in [0, 0.1) is 46.8 Å². The summed E-state index contributed by atoms with van der Waals surface area (Å²) in [7, 11) is 0. The molecular weight excluding hydrogens is 364 g/mol. The first kappa shape index (κ1) is 20.6. The van der Waals surface area contributed by atoms with Crippen LogP contribution in [0.3, 0.4) is 0 Å². The maximum absolute atomic E-state index is 4.33. The van der Waals surface area contributed by atoms with Crippen LogP contribution in [0.5, 0.6) is 0 Å². The molecule has 5 rings (SSSR count). The zero-order chi connectivity index (χ0) is 20.9. The van der Waals surface area contributed by atoms with Gasteiger partial charge >= 0.3 is 0 Å². The summed E-state index contributed by atoms with van der Waals surface area (Å²) in [6, 6.07) is 4.60. The molecule has 9 atom stereocenters. The molecule has 0 amide bonds. The molecule has 0 aliphatic heterocycles. The maximum atomic E-state index is 4.33. The molecule has 0 radical (unpaired) electrons. The molecule has 164 valence electrons. The van der Waals surface area contributed by atoms with Crippen LogP contribution in [-0.4, -0.2) is 11.0 Å². The summed E-state index contributed by atoms with van der Waals surface area (Å²) in [6.45, 7) is 11.9. The van der Waals surface area contributed by atoms with Crippen LogP contribution >= 0.6 is 0 Å². The van der Waals surface area contributed by atoms with Gasteiger partial charge in [0.25, 0.3) is 0 Å². The van der Waals surface area contributed by atoms with E-state index in [2.05, 4.69) is 43.7 Å². The molecule has 1 aromatic rings. The Hall–Kier alpha value is -1.31. The zero-order valence-corrected chi connectivity index (χ0v) is 19.4. The maximum Gasteiger partial charge on any atom is 0.0360 e. The van der Waals surface area contributed by atoms with E-state index in [1.54, 1.807) is 0 Å². The molecule has 1 heterocycles. The Morgan fingerprint density at radius 1 is 1.10 bits per heavy atom. The lowest BCUT2D eigenvalue weighted by molar-refractivity contribution is -0.0696. The SMILES string of the molecule is C=C(N[C@@H](C)C1CCC2C3CCC4CC(C)CCC4C3CCC21C)c1cccnc1. The lowest BCUT2D eigenvalue weighted by Crippen LogP contribution is -2.50. The first-order valence-corrected chi connectivity index (χ1v) is 12.8. The lowest BCUT2D eigenvalue weighted by atomic mass is 9.49. The van der Waals surface area contributed by atoms with E-state index in [4.69, 9.17) is 0 Å². The number of hydrogen-bond donors (Lipinski definition) is 1. The number of aromatic nitrogens is 1. The summed E-state index contributed by atoms with van der Waals surface area (Å²) in [5.74, 6) is 6.87. The van der Waals surface area contributed by atoms with Gasteiger partial charge in [-0.1, -0.05) is 26.8 Å². The summed E-state index contributed by atoms with van der Waals surface area (Å²) >= 11 is 0. The van der Waals surface area contributed by atoms with Crippen molar-refractivity contribution in [1.29, 1.82) is 0 Å². The normalized spacial score (nSPS) is 43.8. The number of nitrogens with one attached hydrogen (secondary N) is 1. The molecule has 4 fully saturated rings. The number of nitrogens with zero attached hydrogens (tertiary/aromatic N) is 1. The van der Waals surface area contributed by atoms with E-state index in [1.807, 2.05) is 18.5 Å². The Balaban J connectivity index is 1.29. The molecule has 2 nitrogen and oxygen atoms in total. The molecule has 2 heteroatoms. The van der Waals surface area contributed by atoms with E-state index in [0.29, 0.717) is 11.5 Å². The summed E-state index contributed by atoms with van der Waals surface area (Å²) in [5, 5.41) is 3.78. The van der Waals surface area contributed by atoms with Gasteiger partial charge < -0.3 is 5.32 Å². The average Bonchev–Trinajstić information content (AvgIpc) is 3.11. The molecule has 4 saturated carbocycles. The van der Waals surface area contributed by atoms with Gasteiger partial charge in [0.2, 0.25) is 0 Å². The lowest BCUT2D eigenvalue weighted by Gasteiger charge is -2.56. The third-order valence-electron chi connectivity index (χ3n) is 10.3. The van der Waals surface area contributed by atoms with Gasteiger partial charge in [-0.2, -0.15) is 0 Å². The summed E-state index contributed by atoms with van der Waals surface area (Å²) < 4.78 is 0. The fourth-order valence-corrected chi connectivity index (χ4v) is 8.95. The minimum atomic E-state index is 0.483. The Morgan fingerprint density at radius 2 is 1.93 bits per heavy atom. The standard InChI is InChI=1S/C28H42N2/c1-18-7-9-23-21(16-18)8-10-25-24(23)13-14-28(4)26(11-12-27(25)28)20(3)30-19(2)22-6-5-15-29-17-22/h5-6,15,17-18,20-21,23-27,30H,2,7-14,16H2,1,3-4H3/t18?,20-,21?,23?,24?,25?,26?,27?,28?/m0/s1. The Morgan fingerprint density at radius 3 is 2.73 bits per heavy atom. The third-order valence-corrected chi connectivity index (χ3v) is 10.3. The van der Waals surface area contributed by atoms with Crippen LogP contribution in [0.25, 0.3) is 5.70 Å². The first-order valence-electron chi connectivity index (χ1n) is 12.8. The Labute approximate surface area is 184 Å². The van der Waals surface area contributed by atoms with Crippen molar-refractivity contribution in [3.8, 4) is 0 Å². The van der Waals surface area contributed by atoms with Crippen molar-refractivity contribution in [3.63, 3.8) is 0 Å². The minimum Gasteiger partial charge on any atom is -0.382 e. The molecule has 0 aromatic carbocycles. The molecule has 1 N–H and O–H groups in total. The van der Waals surface area contributed by atoms with Crippen LogP contribution < -0.4 is 5.32 Å². The van der Waals surface area contributed by atoms with Crippen molar-refractivity contribution in [1.82, 2.24) is 10.3 Å².